The number of thioether (sulfide) groups is 1. The Hall–Kier alpha value is -0.403. The zero-order chi connectivity index (χ0) is 18.9. The second kappa shape index (κ2) is 7.68. The summed E-state index contributed by atoms with van der Waals surface area (Å²) >= 11 is 1.65. The van der Waals surface area contributed by atoms with E-state index in [9.17, 15) is 0 Å². The predicted octanol–water partition coefficient (Wildman–Crippen LogP) is 5.10. The summed E-state index contributed by atoms with van der Waals surface area (Å²) in [6, 6.07) is 5.94. The standard InChI is InChI=1S/C19H33NO3SSi/c1-14-17(23-25(7,8)18(2,3)4)19(5,21-6)13-16(22-14)24-15-11-9-10-12-20-15/h9-12,14,16-17H,13H2,1-8H3/t14-,16?,17-,19+/m0/s1. The second-order valence-corrected chi connectivity index (χ2v) is 14.5. The van der Waals surface area contributed by atoms with E-state index in [0.717, 1.165) is 11.4 Å². The van der Waals surface area contributed by atoms with Gasteiger partial charge in [-0.1, -0.05) is 38.6 Å². The fourth-order valence-corrected chi connectivity index (χ4v) is 5.46. The third-order valence-electron chi connectivity index (χ3n) is 5.55. The van der Waals surface area contributed by atoms with Crippen LogP contribution in [0.25, 0.3) is 0 Å². The lowest BCUT2D eigenvalue weighted by atomic mass is 9.89. The first kappa shape index (κ1) is 20.9. The first-order chi connectivity index (χ1) is 11.5. The minimum absolute atomic E-state index is 0.00844. The molecule has 1 fully saturated rings. The molecule has 4 nitrogen and oxygen atoms in total. The molecule has 2 heterocycles. The maximum absolute atomic E-state index is 6.72. The quantitative estimate of drug-likeness (QED) is 0.661. The Kier molecular flexibility index (Phi) is 6.43. The van der Waals surface area contributed by atoms with Crippen LogP contribution in [0, 0.1) is 0 Å². The van der Waals surface area contributed by atoms with Crippen LogP contribution in [0.3, 0.4) is 0 Å². The van der Waals surface area contributed by atoms with Crippen molar-refractivity contribution in [1.82, 2.24) is 4.98 Å². The van der Waals surface area contributed by atoms with Crippen LogP contribution < -0.4 is 0 Å². The summed E-state index contributed by atoms with van der Waals surface area (Å²) in [7, 11) is -0.134. The van der Waals surface area contributed by atoms with E-state index in [1.807, 2.05) is 24.4 Å². The lowest BCUT2D eigenvalue weighted by Gasteiger charge is -2.50. The summed E-state index contributed by atoms with van der Waals surface area (Å²) in [6.07, 6.45) is 2.48. The van der Waals surface area contributed by atoms with E-state index >= 15 is 0 Å². The molecule has 0 amide bonds. The number of methoxy groups -OCH3 is 1. The zero-order valence-electron chi connectivity index (χ0n) is 16.8. The Balaban J connectivity index is 2.16. The largest absolute Gasteiger partial charge is 0.408 e. The molecule has 1 aliphatic heterocycles. The molecule has 0 spiro atoms. The molecule has 6 heteroatoms. The van der Waals surface area contributed by atoms with E-state index in [4.69, 9.17) is 13.9 Å². The van der Waals surface area contributed by atoms with Crippen molar-refractivity contribution in [2.75, 3.05) is 7.11 Å². The van der Waals surface area contributed by atoms with E-state index in [1.54, 1.807) is 18.9 Å². The summed E-state index contributed by atoms with van der Waals surface area (Å²) in [4.78, 5) is 4.40. The highest BCUT2D eigenvalue weighted by molar-refractivity contribution is 7.99. The van der Waals surface area contributed by atoms with E-state index in [0.29, 0.717) is 0 Å². The van der Waals surface area contributed by atoms with Gasteiger partial charge in [-0.05, 0) is 44.1 Å². The third-order valence-corrected chi connectivity index (χ3v) is 11.0. The van der Waals surface area contributed by atoms with Gasteiger partial charge in [0.2, 0.25) is 0 Å². The second-order valence-electron chi connectivity index (χ2n) is 8.58. The molecule has 25 heavy (non-hydrogen) atoms. The van der Waals surface area contributed by atoms with Crippen LogP contribution in [0.2, 0.25) is 18.1 Å². The molecule has 1 aliphatic rings. The summed E-state index contributed by atoms with van der Waals surface area (Å²) in [5, 5.41) is 1.13. The number of pyridine rings is 1. The lowest BCUT2D eigenvalue weighted by Crippen LogP contribution is -2.60. The molecule has 1 aromatic heterocycles. The monoisotopic (exact) mass is 383 g/mol. The highest BCUT2D eigenvalue weighted by Gasteiger charge is 2.51. The van der Waals surface area contributed by atoms with Gasteiger partial charge in [0.25, 0.3) is 0 Å². The molecular weight excluding hydrogens is 350 g/mol. The van der Waals surface area contributed by atoms with Crippen molar-refractivity contribution in [3.8, 4) is 0 Å². The molecule has 0 saturated carbocycles. The van der Waals surface area contributed by atoms with Crippen molar-refractivity contribution in [1.29, 1.82) is 0 Å². The molecule has 1 aromatic rings. The van der Waals surface area contributed by atoms with Gasteiger partial charge >= 0.3 is 0 Å². The maximum atomic E-state index is 6.72. The van der Waals surface area contributed by atoms with Crippen molar-refractivity contribution in [2.24, 2.45) is 0 Å². The van der Waals surface area contributed by atoms with Crippen LogP contribution in [0.4, 0.5) is 0 Å². The molecular formula is C19H33NO3SSi. The van der Waals surface area contributed by atoms with Gasteiger partial charge in [-0.25, -0.2) is 4.98 Å². The van der Waals surface area contributed by atoms with Crippen LogP contribution in [0.15, 0.2) is 29.4 Å². The van der Waals surface area contributed by atoms with Crippen LogP contribution in [-0.4, -0.2) is 43.7 Å². The van der Waals surface area contributed by atoms with Crippen LogP contribution in [-0.2, 0) is 13.9 Å². The van der Waals surface area contributed by atoms with E-state index < -0.39 is 8.32 Å². The number of nitrogens with zero attached hydrogens (tertiary/aromatic N) is 1. The fourth-order valence-electron chi connectivity index (χ4n) is 2.84. The van der Waals surface area contributed by atoms with Crippen LogP contribution in [0.5, 0.6) is 0 Å². The summed E-state index contributed by atoms with van der Waals surface area (Å²) in [6.45, 7) is 15.6. The summed E-state index contributed by atoms with van der Waals surface area (Å²) in [5.41, 5.74) is -0.367. The first-order valence-corrected chi connectivity index (χ1v) is 12.7. The van der Waals surface area contributed by atoms with E-state index in [1.165, 1.54) is 0 Å². The fraction of sp³-hybridized carbons (Fsp3) is 0.737. The van der Waals surface area contributed by atoms with Gasteiger partial charge in [-0.3, -0.25) is 0 Å². The highest BCUT2D eigenvalue weighted by atomic mass is 32.2. The predicted molar refractivity (Wildman–Crippen MR) is 107 cm³/mol. The van der Waals surface area contributed by atoms with Gasteiger partial charge in [0, 0.05) is 19.7 Å². The Morgan fingerprint density at radius 2 is 2.00 bits per heavy atom. The molecule has 0 aromatic carbocycles. The average Bonchev–Trinajstić information content (AvgIpc) is 2.51. The zero-order valence-corrected chi connectivity index (χ0v) is 18.6. The van der Waals surface area contributed by atoms with Crippen molar-refractivity contribution < 1.29 is 13.9 Å². The average molecular weight is 384 g/mol. The van der Waals surface area contributed by atoms with Crippen LogP contribution >= 0.6 is 11.8 Å². The normalized spacial score (nSPS) is 31.1. The molecule has 1 unspecified atom stereocenters. The molecule has 2 rings (SSSR count). The first-order valence-electron chi connectivity index (χ1n) is 8.95. The number of hydrogen-bond donors (Lipinski definition) is 0. The molecule has 1 saturated heterocycles. The minimum atomic E-state index is -1.91. The Morgan fingerprint density at radius 3 is 2.52 bits per heavy atom. The van der Waals surface area contributed by atoms with E-state index in [-0.39, 0.29) is 28.3 Å². The molecule has 0 aliphatic carbocycles. The van der Waals surface area contributed by atoms with Gasteiger partial charge in [0.05, 0.1) is 22.8 Å². The van der Waals surface area contributed by atoms with Gasteiger partial charge in [0.15, 0.2) is 8.32 Å². The van der Waals surface area contributed by atoms with Crippen molar-refractivity contribution in [3.63, 3.8) is 0 Å². The van der Waals surface area contributed by atoms with Gasteiger partial charge in [-0.15, -0.1) is 0 Å². The van der Waals surface area contributed by atoms with Gasteiger partial charge in [-0.2, -0.15) is 0 Å². The van der Waals surface area contributed by atoms with Crippen LogP contribution in [0.1, 0.15) is 41.0 Å². The Bertz CT molecular complexity index is 564. The van der Waals surface area contributed by atoms with Gasteiger partial charge < -0.3 is 13.9 Å². The lowest BCUT2D eigenvalue weighted by molar-refractivity contribution is -0.190. The smallest absolute Gasteiger partial charge is 0.192 e. The van der Waals surface area contributed by atoms with Crippen molar-refractivity contribution in [3.05, 3.63) is 24.4 Å². The topological polar surface area (TPSA) is 40.6 Å². The highest BCUT2D eigenvalue weighted by Crippen LogP contribution is 2.44. The molecule has 0 radical (unpaired) electrons. The molecule has 0 bridgehead atoms. The SMILES string of the molecule is CO[C@]1(C)CC(Sc2ccccn2)O[C@@H](C)[C@@H]1O[Si](C)(C)C(C)(C)C. The summed E-state index contributed by atoms with van der Waals surface area (Å²) in [5.74, 6) is 0. The number of hydrogen-bond acceptors (Lipinski definition) is 5. The minimum Gasteiger partial charge on any atom is -0.408 e. The third kappa shape index (κ3) is 4.86. The number of aromatic nitrogens is 1. The van der Waals surface area contributed by atoms with E-state index in [2.05, 4.69) is 52.7 Å². The Morgan fingerprint density at radius 1 is 1.32 bits per heavy atom. The summed E-state index contributed by atoms with van der Waals surface area (Å²) < 4.78 is 19.0. The molecule has 142 valence electrons. The maximum Gasteiger partial charge on any atom is 0.192 e. The van der Waals surface area contributed by atoms with Crippen molar-refractivity contribution >= 4 is 20.1 Å². The van der Waals surface area contributed by atoms with Crippen molar-refractivity contribution in [2.45, 2.75) is 87.4 Å². The number of rotatable bonds is 5. The molecule has 4 atom stereocenters. The van der Waals surface area contributed by atoms with Gasteiger partial charge in [0.1, 0.15) is 5.44 Å². The number of ether oxygens (including phenoxy) is 2. The Labute approximate surface area is 158 Å². The molecule has 0 N–H and O–H groups in total.